The van der Waals surface area contributed by atoms with Crippen molar-refractivity contribution in [2.75, 3.05) is 5.32 Å². The van der Waals surface area contributed by atoms with E-state index in [1.807, 2.05) is 48.5 Å². The molecule has 0 aliphatic heterocycles. The van der Waals surface area contributed by atoms with Gasteiger partial charge < -0.3 is 10.7 Å². The SMILES string of the molecule is N=Cc1cccc(NC(=N)/N=C(\S)c2ccccc2)c1. The molecule has 3 N–H and O–H groups in total. The highest BCUT2D eigenvalue weighted by atomic mass is 32.1. The zero-order chi connectivity index (χ0) is 14.4. The summed E-state index contributed by atoms with van der Waals surface area (Å²) < 4.78 is 0. The van der Waals surface area contributed by atoms with Crippen molar-refractivity contribution in [3.05, 3.63) is 65.7 Å². The first kappa shape index (κ1) is 14.0. The van der Waals surface area contributed by atoms with E-state index in [1.54, 1.807) is 6.07 Å². The fourth-order valence-corrected chi connectivity index (χ4v) is 1.88. The number of benzene rings is 2. The highest BCUT2D eigenvalue weighted by Gasteiger charge is 2.01. The second-order valence-corrected chi connectivity index (χ2v) is 4.47. The highest BCUT2D eigenvalue weighted by molar-refractivity contribution is 7.97. The zero-order valence-electron chi connectivity index (χ0n) is 10.7. The van der Waals surface area contributed by atoms with Crippen LogP contribution in [0.2, 0.25) is 0 Å². The molecule has 2 aromatic carbocycles. The van der Waals surface area contributed by atoms with Crippen LogP contribution < -0.4 is 5.32 Å². The first-order valence-electron chi connectivity index (χ1n) is 5.98. The van der Waals surface area contributed by atoms with Gasteiger partial charge in [0.1, 0.15) is 5.04 Å². The van der Waals surface area contributed by atoms with Crippen LogP contribution >= 0.6 is 12.6 Å². The number of hydrogen-bond donors (Lipinski definition) is 4. The Balaban J connectivity index is 2.10. The fourth-order valence-electron chi connectivity index (χ4n) is 1.63. The van der Waals surface area contributed by atoms with Crippen LogP contribution in [-0.4, -0.2) is 17.2 Å². The lowest BCUT2D eigenvalue weighted by atomic mass is 10.2. The molecule has 2 aromatic rings. The van der Waals surface area contributed by atoms with Crippen LogP contribution in [0.25, 0.3) is 0 Å². The van der Waals surface area contributed by atoms with Gasteiger partial charge in [-0.3, -0.25) is 5.41 Å². The van der Waals surface area contributed by atoms with Crippen LogP contribution in [0.3, 0.4) is 0 Å². The molecule has 0 heterocycles. The van der Waals surface area contributed by atoms with Crippen molar-refractivity contribution in [1.82, 2.24) is 0 Å². The third kappa shape index (κ3) is 3.80. The number of nitrogens with zero attached hydrogens (tertiary/aromatic N) is 1. The molecular formula is C15H14N4S. The lowest BCUT2D eigenvalue weighted by molar-refractivity contribution is 1.40. The predicted octanol–water partition coefficient (Wildman–Crippen LogP) is 3.41. The maximum atomic E-state index is 7.83. The topological polar surface area (TPSA) is 72.1 Å². The molecule has 0 amide bonds. The van der Waals surface area contributed by atoms with Gasteiger partial charge in [-0.2, -0.15) is 0 Å². The first-order chi connectivity index (χ1) is 9.69. The molecule has 0 atom stereocenters. The van der Waals surface area contributed by atoms with E-state index in [4.69, 9.17) is 10.8 Å². The fraction of sp³-hybridized carbons (Fsp3) is 0. The van der Waals surface area contributed by atoms with Crippen molar-refractivity contribution in [3.63, 3.8) is 0 Å². The second-order valence-electron chi connectivity index (χ2n) is 4.04. The van der Waals surface area contributed by atoms with E-state index < -0.39 is 0 Å². The van der Waals surface area contributed by atoms with Crippen LogP contribution in [0.5, 0.6) is 0 Å². The van der Waals surface area contributed by atoms with Gasteiger partial charge in [-0.15, -0.1) is 12.6 Å². The molecule has 0 saturated carbocycles. The quantitative estimate of drug-likeness (QED) is 0.389. The first-order valence-corrected chi connectivity index (χ1v) is 6.43. The Morgan fingerprint density at radius 2 is 1.85 bits per heavy atom. The summed E-state index contributed by atoms with van der Waals surface area (Å²) in [6.07, 6.45) is 1.26. The second kappa shape index (κ2) is 6.68. The Labute approximate surface area is 123 Å². The van der Waals surface area contributed by atoms with Crippen LogP contribution in [0.1, 0.15) is 11.1 Å². The van der Waals surface area contributed by atoms with Crippen molar-refractivity contribution >= 4 is 35.5 Å². The standard InChI is InChI=1S/C15H14N4S/c16-10-11-5-4-8-13(9-11)18-15(17)19-14(20)12-6-2-1-3-7-12/h1-10,16H,(H3,17,18,19,20). The molecule has 20 heavy (non-hydrogen) atoms. The molecule has 2 rings (SSSR count). The van der Waals surface area contributed by atoms with Gasteiger partial charge in [0.05, 0.1) is 0 Å². The van der Waals surface area contributed by atoms with Crippen molar-refractivity contribution in [3.8, 4) is 0 Å². The van der Waals surface area contributed by atoms with Crippen LogP contribution in [0, 0.1) is 10.8 Å². The minimum atomic E-state index is 0.000911. The van der Waals surface area contributed by atoms with E-state index >= 15 is 0 Å². The molecule has 0 aliphatic carbocycles. The van der Waals surface area contributed by atoms with E-state index in [9.17, 15) is 0 Å². The van der Waals surface area contributed by atoms with Crippen molar-refractivity contribution in [2.45, 2.75) is 0 Å². The molecule has 4 nitrogen and oxygen atoms in total. The number of aliphatic imine (C=N–C) groups is 1. The number of thiol groups is 1. The van der Waals surface area contributed by atoms with Gasteiger partial charge in [-0.1, -0.05) is 42.5 Å². The average molecular weight is 282 g/mol. The summed E-state index contributed by atoms with van der Waals surface area (Å²) in [5.74, 6) is 0.000911. The van der Waals surface area contributed by atoms with Gasteiger partial charge in [0.15, 0.2) is 0 Å². The van der Waals surface area contributed by atoms with Crippen LogP contribution in [0.4, 0.5) is 5.69 Å². The average Bonchev–Trinajstić information content (AvgIpc) is 2.48. The maximum Gasteiger partial charge on any atom is 0.220 e. The van der Waals surface area contributed by atoms with Gasteiger partial charge in [0.2, 0.25) is 5.96 Å². The number of anilines is 1. The summed E-state index contributed by atoms with van der Waals surface area (Å²) >= 11 is 4.30. The van der Waals surface area contributed by atoms with Gasteiger partial charge in [-0.05, 0) is 17.7 Å². The number of nitrogens with one attached hydrogen (secondary N) is 3. The van der Waals surface area contributed by atoms with Gasteiger partial charge in [-0.25, -0.2) is 4.99 Å². The Bertz CT molecular complexity index is 650. The predicted molar refractivity (Wildman–Crippen MR) is 87.6 cm³/mol. The summed E-state index contributed by atoms with van der Waals surface area (Å²) in [5, 5.41) is 18.4. The molecule has 0 fully saturated rings. The highest BCUT2D eigenvalue weighted by Crippen LogP contribution is 2.10. The Morgan fingerprint density at radius 1 is 1.10 bits per heavy atom. The smallest absolute Gasteiger partial charge is 0.220 e. The lowest BCUT2D eigenvalue weighted by Crippen LogP contribution is -2.10. The van der Waals surface area contributed by atoms with Crippen molar-refractivity contribution in [2.24, 2.45) is 4.99 Å². The van der Waals surface area contributed by atoms with E-state index in [0.717, 1.165) is 11.1 Å². The van der Waals surface area contributed by atoms with Crippen molar-refractivity contribution < 1.29 is 0 Å². The number of hydrogen-bond acceptors (Lipinski definition) is 2. The third-order valence-corrected chi connectivity index (χ3v) is 2.92. The van der Waals surface area contributed by atoms with Gasteiger partial charge >= 0.3 is 0 Å². The molecule has 0 spiro atoms. The monoisotopic (exact) mass is 282 g/mol. The summed E-state index contributed by atoms with van der Waals surface area (Å²) in [7, 11) is 0. The zero-order valence-corrected chi connectivity index (χ0v) is 11.6. The van der Waals surface area contributed by atoms with Crippen molar-refractivity contribution in [1.29, 1.82) is 10.8 Å². The molecule has 0 bridgehead atoms. The molecule has 100 valence electrons. The normalized spacial score (nSPS) is 10.9. The Hall–Kier alpha value is -2.40. The minimum Gasteiger partial charge on any atom is -0.325 e. The molecule has 0 aliphatic rings. The van der Waals surface area contributed by atoms with E-state index in [2.05, 4.69) is 22.9 Å². The number of guanidine groups is 1. The summed E-state index contributed by atoms with van der Waals surface area (Å²) in [5.41, 5.74) is 2.34. The van der Waals surface area contributed by atoms with E-state index in [1.165, 1.54) is 6.21 Å². The van der Waals surface area contributed by atoms with Crippen LogP contribution in [-0.2, 0) is 0 Å². The van der Waals surface area contributed by atoms with E-state index in [-0.39, 0.29) is 5.96 Å². The summed E-state index contributed by atoms with van der Waals surface area (Å²) in [4.78, 5) is 4.09. The van der Waals surface area contributed by atoms with E-state index in [0.29, 0.717) is 10.7 Å². The van der Waals surface area contributed by atoms with Gasteiger partial charge in [0, 0.05) is 17.5 Å². The molecular weight excluding hydrogens is 268 g/mol. The lowest BCUT2D eigenvalue weighted by Gasteiger charge is -2.06. The summed E-state index contributed by atoms with van der Waals surface area (Å²) in [6.45, 7) is 0. The van der Waals surface area contributed by atoms with Crippen LogP contribution in [0.15, 0.2) is 59.6 Å². The number of rotatable bonds is 3. The third-order valence-electron chi connectivity index (χ3n) is 2.57. The molecule has 0 radical (unpaired) electrons. The largest absolute Gasteiger partial charge is 0.325 e. The Morgan fingerprint density at radius 3 is 2.55 bits per heavy atom. The maximum absolute atomic E-state index is 7.83. The summed E-state index contributed by atoms with van der Waals surface area (Å²) in [6, 6.07) is 16.7. The molecule has 0 unspecified atom stereocenters. The molecule has 0 aromatic heterocycles. The molecule has 5 heteroatoms. The van der Waals surface area contributed by atoms with Gasteiger partial charge in [0.25, 0.3) is 0 Å². The molecule has 0 saturated heterocycles. The Kier molecular flexibility index (Phi) is 4.68. The minimum absolute atomic E-state index is 0.000911.